The molecule has 0 aliphatic carbocycles. The molecule has 0 spiro atoms. The maximum atomic E-state index is 11.2. The van der Waals surface area contributed by atoms with Gasteiger partial charge in [0.25, 0.3) is 5.91 Å². The molecule has 0 aromatic carbocycles. The highest BCUT2D eigenvalue weighted by atomic mass is 32.2. The number of carbonyl (C=O) groups excluding carboxylic acids is 1. The lowest BCUT2D eigenvalue weighted by Crippen LogP contribution is -2.37. The minimum absolute atomic E-state index is 0.120. The average Bonchev–Trinajstić information content (AvgIpc) is 2.28. The van der Waals surface area contributed by atoms with E-state index in [0.29, 0.717) is 5.70 Å². The van der Waals surface area contributed by atoms with E-state index in [0.717, 1.165) is 0 Å². The molecule has 2 aliphatic rings. The Balaban J connectivity index is 2.69. The summed E-state index contributed by atoms with van der Waals surface area (Å²) in [5.74, 6) is -0.867. The molecule has 0 saturated carbocycles. The van der Waals surface area contributed by atoms with Crippen LogP contribution < -0.4 is 4.72 Å². The SMILES string of the molecule is CC1=C2C(=O)NS(=O)(=O)N=C2N=N1. The minimum atomic E-state index is -3.91. The molecule has 7 nitrogen and oxygen atoms in total. The van der Waals surface area contributed by atoms with Crippen molar-refractivity contribution in [3.8, 4) is 0 Å². The fourth-order valence-electron chi connectivity index (χ4n) is 1.02. The van der Waals surface area contributed by atoms with Crippen molar-refractivity contribution in [1.82, 2.24) is 4.72 Å². The highest BCUT2D eigenvalue weighted by Crippen LogP contribution is 2.21. The Morgan fingerprint density at radius 1 is 1.31 bits per heavy atom. The molecule has 0 aromatic heterocycles. The van der Waals surface area contributed by atoms with E-state index in [4.69, 9.17) is 0 Å². The first-order valence-corrected chi connectivity index (χ1v) is 4.74. The van der Waals surface area contributed by atoms with Crippen molar-refractivity contribution in [2.75, 3.05) is 0 Å². The third kappa shape index (κ3) is 1.15. The smallest absolute Gasteiger partial charge is 0.268 e. The molecule has 13 heavy (non-hydrogen) atoms. The molecule has 2 aliphatic heterocycles. The summed E-state index contributed by atoms with van der Waals surface area (Å²) in [6, 6.07) is 0. The molecule has 0 aromatic rings. The van der Waals surface area contributed by atoms with Crippen molar-refractivity contribution in [3.63, 3.8) is 0 Å². The summed E-state index contributed by atoms with van der Waals surface area (Å²) in [5.41, 5.74) is 0.487. The number of rotatable bonds is 0. The number of amides is 1. The molecule has 1 amide bonds. The molecule has 0 saturated heterocycles. The first-order chi connectivity index (χ1) is 5.99. The summed E-state index contributed by atoms with van der Waals surface area (Å²) >= 11 is 0. The zero-order chi connectivity index (χ0) is 9.64. The van der Waals surface area contributed by atoms with E-state index < -0.39 is 16.1 Å². The summed E-state index contributed by atoms with van der Waals surface area (Å²) in [6.07, 6.45) is 0. The molecular formula is C5H4N4O3S. The van der Waals surface area contributed by atoms with Crippen LogP contribution in [0, 0.1) is 0 Å². The number of nitrogens with zero attached hydrogens (tertiary/aromatic N) is 3. The largest absolute Gasteiger partial charge is 0.346 e. The van der Waals surface area contributed by atoms with Gasteiger partial charge in [-0.15, -0.1) is 9.51 Å². The van der Waals surface area contributed by atoms with Gasteiger partial charge in [0, 0.05) is 0 Å². The van der Waals surface area contributed by atoms with Gasteiger partial charge < -0.3 is 0 Å². The molecule has 0 unspecified atom stereocenters. The molecule has 1 N–H and O–H groups in total. The Morgan fingerprint density at radius 2 is 2.00 bits per heavy atom. The van der Waals surface area contributed by atoms with Gasteiger partial charge in [-0.05, 0) is 6.92 Å². The quantitative estimate of drug-likeness (QED) is 0.570. The zero-order valence-electron chi connectivity index (χ0n) is 6.47. The molecule has 0 fully saturated rings. The molecule has 2 heterocycles. The Labute approximate surface area is 73.4 Å². The van der Waals surface area contributed by atoms with E-state index in [9.17, 15) is 13.2 Å². The number of hydrogen-bond donors (Lipinski definition) is 1. The van der Waals surface area contributed by atoms with Crippen LogP contribution in [0.1, 0.15) is 6.92 Å². The Hall–Kier alpha value is -1.57. The standard InChI is InChI=1S/C5H4N4O3S/c1-2-3-4(7-6-2)8-13(11,12)9-5(3)10/h1H3,(H,9,10). The van der Waals surface area contributed by atoms with Crippen LogP contribution in [0.2, 0.25) is 0 Å². The molecule has 68 valence electrons. The number of carbonyl (C=O) groups is 1. The highest BCUT2D eigenvalue weighted by Gasteiger charge is 2.33. The number of nitrogens with one attached hydrogen (secondary N) is 1. The van der Waals surface area contributed by atoms with Crippen molar-refractivity contribution >= 4 is 22.0 Å². The van der Waals surface area contributed by atoms with E-state index in [1.807, 2.05) is 0 Å². The van der Waals surface area contributed by atoms with Gasteiger partial charge in [0.1, 0.15) is 5.57 Å². The van der Waals surface area contributed by atoms with Crippen LogP contribution in [0.4, 0.5) is 0 Å². The second kappa shape index (κ2) is 2.22. The summed E-state index contributed by atoms with van der Waals surface area (Å²) in [4.78, 5) is 11.2. The topological polar surface area (TPSA) is 100 Å². The van der Waals surface area contributed by atoms with Crippen LogP contribution in [-0.4, -0.2) is 20.2 Å². The minimum Gasteiger partial charge on any atom is -0.268 e. The van der Waals surface area contributed by atoms with Gasteiger partial charge in [0.2, 0.25) is 5.84 Å². The molecular weight excluding hydrogens is 196 g/mol. The molecule has 0 atom stereocenters. The van der Waals surface area contributed by atoms with Crippen LogP contribution in [0.15, 0.2) is 25.9 Å². The third-order valence-electron chi connectivity index (χ3n) is 1.54. The van der Waals surface area contributed by atoms with Crippen LogP contribution in [0.3, 0.4) is 0 Å². The normalized spacial score (nSPS) is 24.1. The first kappa shape index (κ1) is 8.05. The Morgan fingerprint density at radius 3 is 2.69 bits per heavy atom. The van der Waals surface area contributed by atoms with Gasteiger partial charge in [-0.2, -0.15) is 13.5 Å². The fourth-order valence-corrected chi connectivity index (χ4v) is 1.76. The molecule has 8 heteroatoms. The second-order valence-corrected chi connectivity index (χ2v) is 3.82. The van der Waals surface area contributed by atoms with Crippen LogP contribution in [-0.2, 0) is 15.0 Å². The van der Waals surface area contributed by atoms with Crippen molar-refractivity contribution in [2.45, 2.75) is 6.92 Å². The number of amidine groups is 1. The average molecular weight is 200 g/mol. The van der Waals surface area contributed by atoms with E-state index in [-0.39, 0.29) is 11.4 Å². The summed E-state index contributed by atoms with van der Waals surface area (Å²) in [5, 5.41) is 6.99. The van der Waals surface area contributed by atoms with Crippen LogP contribution in [0.25, 0.3) is 0 Å². The maximum Gasteiger partial charge on any atom is 0.346 e. The molecule has 0 bridgehead atoms. The summed E-state index contributed by atoms with van der Waals surface area (Å²) in [6.45, 7) is 1.55. The monoisotopic (exact) mass is 200 g/mol. The first-order valence-electron chi connectivity index (χ1n) is 3.29. The van der Waals surface area contributed by atoms with E-state index >= 15 is 0 Å². The van der Waals surface area contributed by atoms with Gasteiger partial charge >= 0.3 is 10.2 Å². The Kier molecular flexibility index (Phi) is 1.38. The lowest BCUT2D eigenvalue weighted by atomic mass is 10.2. The zero-order valence-corrected chi connectivity index (χ0v) is 7.29. The number of hydrogen-bond acceptors (Lipinski definition) is 5. The van der Waals surface area contributed by atoms with Gasteiger partial charge in [0.05, 0.1) is 5.70 Å². The van der Waals surface area contributed by atoms with Crippen molar-refractivity contribution in [3.05, 3.63) is 11.3 Å². The van der Waals surface area contributed by atoms with Crippen LogP contribution in [0.5, 0.6) is 0 Å². The lowest BCUT2D eigenvalue weighted by molar-refractivity contribution is -0.115. The summed E-state index contributed by atoms with van der Waals surface area (Å²) in [7, 11) is -3.91. The van der Waals surface area contributed by atoms with Crippen molar-refractivity contribution < 1.29 is 13.2 Å². The van der Waals surface area contributed by atoms with E-state index in [1.165, 1.54) is 0 Å². The predicted molar refractivity (Wildman–Crippen MR) is 42.1 cm³/mol. The summed E-state index contributed by atoms with van der Waals surface area (Å²) < 4.78 is 26.7. The van der Waals surface area contributed by atoms with Crippen molar-refractivity contribution in [2.24, 2.45) is 14.6 Å². The van der Waals surface area contributed by atoms with Gasteiger partial charge in [-0.1, -0.05) is 0 Å². The van der Waals surface area contributed by atoms with Gasteiger partial charge in [-0.3, -0.25) is 4.79 Å². The number of allylic oxidation sites excluding steroid dienone is 1. The maximum absolute atomic E-state index is 11.2. The fraction of sp³-hybridized carbons (Fsp3) is 0.200. The van der Waals surface area contributed by atoms with Crippen molar-refractivity contribution in [1.29, 1.82) is 0 Å². The van der Waals surface area contributed by atoms with Gasteiger partial charge in [0.15, 0.2) is 0 Å². The van der Waals surface area contributed by atoms with Crippen LogP contribution >= 0.6 is 0 Å². The number of azo groups is 1. The third-order valence-corrected chi connectivity index (χ3v) is 2.39. The van der Waals surface area contributed by atoms with E-state index in [2.05, 4.69) is 14.6 Å². The Bertz CT molecular complexity index is 484. The number of fused-ring (bicyclic) bond motifs is 1. The molecule has 0 radical (unpaired) electrons. The lowest BCUT2D eigenvalue weighted by Gasteiger charge is -2.08. The predicted octanol–water partition coefficient (Wildman–Crippen LogP) is -0.501. The van der Waals surface area contributed by atoms with E-state index in [1.54, 1.807) is 11.6 Å². The van der Waals surface area contributed by atoms with Gasteiger partial charge in [-0.25, -0.2) is 4.72 Å². The highest BCUT2D eigenvalue weighted by molar-refractivity contribution is 7.89. The molecule has 2 rings (SSSR count). The second-order valence-electron chi connectivity index (χ2n) is 2.48.